The zero-order valence-corrected chi connectivity index (χ0v) is 9.29. The molecule has 0 spiro atoms. The molecule has 1 aliphatic rings. The summed E-state index contributed by atoms with van der Waals surface area (Å²) in [6.45, 7) is 1.36. The van der Waals surface area contributed by atoms with Gasteiger partial charge >= 0.3 is 7.60 Å². The third-order valence-electron chi connectivity index (χ3n) is 2.42. The van der Waals surface area contributed by atoms with Crippen molar-refractivity contribution >= 4 is 15.4 Å². The predicted octanol–water partition coefficient (Wildman–Crippen LogP) is -2.43. The van der Waals surface area contributed by atoms with E-state index in [1.54, 1.807) is 0 Å². The number of ether oxygens (including phenoxy) is 2. The summed E-state index contributed by atoms with van der Waals surface area (Å²) in [5, 5.41) is 19.2. The summed E-state index contributed by atoms with van der Waals surface area (Å²) >= 11 is 0. The summed E-state index contributed by atoms with van der Waals surface area (Å²) in [7, 11) is -2.77. The zero-order chi connectivity index (χ0) is 11.9. The van der Waals surface area contributed by atoms with Gasteiger partial charge in [0.25, 0.3) is 0 Å². The van der Waals surface area contributed by atoms with Crippen molar-refractivity contribution in [1.82, 2.24) is 0 Å². The van der Waals surface area contributed by atoms with Crippen LogP contribution < -0.4 is 0 Å². The van der Waals surface area contributed by atoms with Crippen LogP contribution in [0.2, 0.25) is 0 Å². The van der Waals surface area contributed by atoms with Gasteiger partial charge < -0.3 is 29.5 Å². The van der Waals surface area contributed by atoms with Crippen LogP contribution in [0.1, 0.15) is 6.92 Å². The van der Waals surface area contributed by atoms with Crippen LogP contribution in [-0.2, 0) is 14.0 Å². The molecule has 1 rings (SSSR count). The van der Waals surface area contributed by atoms with E-state index in [2.05, 4.69) is 0 Å². The fourth-order valence-corrected chi connectivity index (χ4v) is 1.57. The van der Waals surface area contributed by atoms with Gasteiger partial charge in [-0.05, 0) is 6.92 Å². The predicted molar refractivity (Wildman–Crippen MR) is 51.8 cm³/mol. The van der Waals surface area contributed by atoms with E-state index in [0.29, 0.717) is 0 Å². The Morgan fingerprint density at radius 2 is 2.13 bits per heavy atom. The van der Waals surface area contributed by atoms with E-state index < -0.39 is 37.9 Å². The molecule has 7 nitrogen and oxygen atoms in total. The molecule has 15 heavy (non-hydrogen) atoms. The highest BCUT2D eigenvalue weighted by Crippen LogP contribution is 2.37. The molecule has 0 aromatic rings. The third kappa shape index (κ3) is 3.01. The molecule has 1 saturated heterocycles. The molecule has 0 radical (unpaired) electrons. The number of aliphatic hydroxyl groups excluding tert-OH is 1. The fourth-order valence-electron chi connectivity index (χ4n) is 1.23. The van der Waals surface area contributed by atoms with Gasteiger partial charge in [0.2, 0.25) is 0 Å². The lowest BCUT2D eigenvalue weighted by Gasteiger charge is -2.24. The van der Waals surface area contributed by atoms with E-state index >= 15 is 0 Å². The average Bonchev–Trinajstić information content (AvgIpc) is 2.25. The molecule has 0 bridgehead atoms. The summed E-state index contributed by atoms with van der Waals surface area (Å²) in [5.41, 5.74) is -1.49. The van der Waals surface area contributed by atoms with Crippen molar-refractivity contribution in [3.63, 3.8) is 0 Å². The van der Waals surface area contributed by atoms with Crippen molar-refractivity contribution in [2.75, 3.05) is 6.35 Å². The van der Waals surface area contributed by atoms with Crippen LogP contribution in [0.4, 0.5) is 0 Å². The second-order valence-electron chi connectivity index (χ2n) is 3.78. The van der Waals surface area contributed by atoms with Gasteiger partial charge in [-0.3, -0.25) is 4.57 Å². The Morgan fingerprint density at radius 3 is 2.47 bits per heavy atom. The largest absolute Gasteiger partial charge is 0.385 e. The molecule has 1 fully saturated rings. The van der Waals surface area contributed by atoms with Crippen molar-refractivity contribution in [2.24, 2.45) is 0 Å². The van der Waals surface area contributed by atoms with Crippen LogP contribution in [0.5, 0.6) is 0 Å². The lowest BCUT2D eigenvalue weighted by atomic mass is 9.83. The van der Waals surface area contributed by atoms with E-state index in [9.17, 15) is 14.8 Å². The molecule has 4 N–H and O–H groups in total. The number of hydrogen-bond acceptors (Lipinski definition) is 5. The van der Waals surface area contributed by atoms with Gasteiger partial charge in [0.05, 0.1) is 6.00 Å². The summed E-state index contributed by atoms with van der Waals surface area (Å²) in [6, 6.07) is -0.672. The Labute approximate surface area is 87.6 Å². The first kappa shape index (κ1) is 13.1. The van der Waals surface area contributed by atoms with Gasteiger partial charge in [-0.25, -0.2) is 0 Å². The normalized spacial score (nSPS) is 42.1. The monoisotopic (exact) mass is 240 g/mol. The Bertz CT molecular complexity index is 277. The van der Waals surface area contributed by atoms with Crippen LogP contribution >= 0.6 is 7.60 Å². The minimum Gasteiger partial charge on any atom is -0.385 e. The molecule has 4 atom stereocenters. The molecule has 4 unspecified atom stereocenters. The SMILES string of the molecule is BC1OC(OCP(=O)(O)O)C(O)C1(C)O. The Hall–Kier alpha value is 0.0549. The van der Waals surface area contributed by atoms with Crippen LogP contribution in [-0.4, -0.2) is 58.2 Å². The van der Waals surface area contributed by atoms with E-state index in [-0.39, 0.29) is 0 Å². The first-order valence-electron chi connectivity index (χ1n) is 4.36. The highest BCUT2D eigenvalue weighted by Gasteiger charge is 2.50. The van der Waals surface area contributed by atoms with Gasteiger partial charge in [-0.1, -0.05) is 0 Å². The standard InChI is InChI=1S/C6H14BO7P/c1-6(9)3(8)4(14-5(6)7)13-2-15(10,11)12/h3-5,8-9H,2,7H2,1H3,(H2,10,11,12). The van der Waals surface area contributed by atoms with Crippen molar-refractivity contribution in [2.45, 2.75) is 30.9 Å². The molecule has 0 amide bonds. The minimum absolute atomic E-state index is 0.672. The lowest BCUT2D eigenvalue weighted by Crippen LogP contribution is -2.45. The quantitative estimate of drug-likeness (QED) is 0.320. The highest BCUT2D eigenvalue weighted by atomic mass is 31.2. The summed E-state index contributed by atoms with van der Waals surface area (Å²) in [4.78, 5) is 17.1. The molecule has 1 heterocycles. The Balaban J connectivity index is 2.57. The number of hydrogen-bond donors (Lipinski definition) is 4. The maximum atomic E-state index is 10.5. The van der Waals surface area contributed by atoms with Crippen molar-refractivity contribution in [3.05, 3.63) is 0 Å². The molecule has 9 heteroatoms. The highest BCUT2D eigenvalue weighted by molar-refractivity contribution is 7.51. The smallest absolute Gasteiger partial charge is 0.351 e. The maximum Gasteiger partial charge on any atom is 0.351 e. The molecule has 88 valence electrons. The lowest BCUT2D eigenvalue weighted by molar-refractivity contribution is -0.150. The van der Waals surface area contributed by atoms with Crippen molar-refractivity contribution in [3.8, 4) is 0 Å². The second kappa shape index (κ2) is 4.14. The first-order chi connectivity index (χ1) is 6.64. The zero-order valence-electron chi connectivity index (χ0n) is 8.40. The summed E-state index contributed by atoms with van der Waals surface area (Å²) < 4.78 is 20.2. The fraction of sp³-hybridized carbons (Fsp3) is 1.00. The molecular formula is C6H14BO7P. The molecular weight excluding hydrogens is 226 g/mol. The van der Waals surface area contributed by atoms with Gasteiger partial charge in [0, 0.05) is 0 Å². The topological polar surface area (TPSA) is 116 Å². The molecule has 1 aliphatic heterocycles. The van der Waals surface area contributed by atoms with Crippen molar-refractivity contribution in [1.29, 1.82) is 0 Å². The van der Waals surface area contributed by atoms with Crippen molar-refractivity contribution < 1.29 is 34.0 Å². The van der Waals surface area contributed by atoms with Gasteiger partial charge in [0.1, 0.15) is 19.6 Å². The summed E-state index contributed by atoms with van der Waals surface area (Å²) in [5.74, 6) is 0. The summed E-state index contributed by atoms with van der Waals surface area (Å²) in [6.07, 6.45) is -3.40. The molecule has 0 aromatic heterocycles. The van der Waals surface area contributed by atoms with E-state index in [4.69, 9.17) is 19.3 Å². The van der Waals surface area contributed by atoms with E-state index in [1.165, 1.54) is 14.8 Å². The Kier molecular flexibility index (Phi) is 3.62. The van der Waals surface area contributed by atoms with Crippen LogP contribution in [0.15, 0.2) is 0 Å². The van der Waals surface area contributed by atoms with E-state index in [1.807, 2.05) is 0 Å². The minimum atomic E-state index is -4.30. The van der Waals surface area contributed by atoms with E-state index in [0.717, 1.165) is 0 Å². The van der Waals surface area contributed by atoms with Gasteiger partial charge in [-0.15, -0.1) is 0 Å². The number of rotatable bonds is 3. The average molecular weight is 240 g/mol. The third-order valence-corrected chi connectivity index (χ3v) is 2.91. The molecule has 0 aliphatic carbocycles. The van der Waals surface area contributed by atoms with Crippen LogP contribution in [0, 0.1) is 0 Å². The molecule has 0 aromatic carbocycles. The van der Waals surface area contributed by atoms with Gasteiger partial charge in [0.15, 0.2) is 12.6 Å². The van der Waals surface area contributed by atoms with Gasteiger partial charge in [-0.2, -0.15) is 0 Å². The second-order valence-corrected chi connectivity index (χ2v) is 5.37. The Morgan fingerprint density at radius 1 is 1.60 bits per heavy atom. The van der Waals surface area contributed by atoms with Crippen LogP contribution in [0.3, 0.4) is 0 Å². The first-order valence-corrected chi connectivity index (χ1v) is 6.16. The van der Waals surface area contributed by atoms with Crippen LogP contribution in [0.25, 0.3) is 0 Å². The number of aliphatic hydroxyl groups is 2. The molecule has 0 saturated carbocycles. The maximum absolute atomic E-state index is 10.5.